The molecule has 2 aliphatic rings. The second kappa shape index (κ2) is 8.54. The third kappa shape index (κ3) is 3.62. The molecule has 37 heavy (non-hydrogen) atoms. The molecular formula is C30H30N5PS. The molecule has 1 atom stereocenters. The summed E-state index contributed by atoms with van der Waals surface area (Å²) in [6.07, 6.45) is -0.593. The Morgan fingerprint density at radius 2 is 1.65 bits per heavy atom. The van der Waals surface area contributed by atoms with Gasteiger partial charge < -0.3 is 9.99 Å². The van der Waals surface area contributed by atoms with Gasteiger partial charge in [0.15, 0.2) is 5.82 Å². The number of rotatable bonds is 3. The van der Waals surface area contributed by atoms with Crippen molar-refractivity contribution in [2.75, 3.05) is 17.0 Å². The number of anilines is 2. The summed E-state index contributed by atoms with van der Waals surface area (Å²) in [5.74, 6) is 0.813. The number of hydrogen-bond donors (Lipinski definition) is 1. The molecule has 7 heteroatoms. The minimum absolute atomic E-state index is 0.230. The Morgan fingerprint density at radius 3 is 2.38 bits per heavy atom. The van der Waals surface area contributed by atoms with E-state index < -0.39 is 6.19 Å². The normalized spacial score (nSPS) is 21.6. The first-order valence-corrected chi connectivity index (χ1v) is 15.3. The second-order valence-corrected chi connectivity index (χ2v) is 14.3. The number of aromatic nitrogens is 2. The van der Waals surface area contributed by atoms with E-state index >= 15 is 0 Å². The molecule has 0 spiro atoms. The van der Waals surface area contributed by atoms with E-state index in [1.165, 1.54) is 22.5 Å². The van der Waals surface area contributed by atoms with Crippen LogP contribution in [0.2, 0.25) is 0 Å². The highest BCUT2D eigenvalue weighted by atomic mass is 32.4. The zero-order valence-electron chi connectivity index (χ0n) is 21.7. The van der Waals surface area contributed by atoms with Gasteiger partial charge in [-0.25, -0.2) is 9.67 Å². The number of aryl methyl sites for hydroxylation is 2. The largest absolute Gasteiger partial charge is 0.351 e. The number of fused-ring (bicyclic) bond motifs is 2. The van der Waals surface area contributed by atoms with Gasteiger partial charge in [0.2, 0.25) is 0 Å². The standard InChI is InChI=1S/C30H30N5PS/c1-20-12-11-13-22(18-20)33-36(37)26(28-30(3,4)24-16-9-10-17-25(24)34(28)5)19-31-29-27(36)21(2)32-35(29)23-14-7-6-8-15-23/h6-19H,1-5H3,(H,33,37)/b28-26+. The molecular weight excluding hydrogens is 493 g/mol. The van der Waals surface area contributed by atoms with Crippen LogP contribution in [0.4, 0.5) is 17.2 Å². The van der Waals surface area contributed by atoms with Crippen LogP contribution in [0.3, 0.4) is 0 Å². The molecule has 5 nitrogen and oxygen atoms in total. The zero-order chi connectivity index (χ0) is 25.9. The zero-order valence-corrected chi connectivity index (χ0v) is 23.4. The minimum atomic E-state index is -2.60. The highest BCUT2D eigenvalue weighted by Gasteiger charge is 2.45. The summed E-state index contributed by atoms with van der Waals surface area (Å²) in [6.45, 7) is 8.73. The summed E-state index contributed by atoms with van der Waals surface area (Å²) in [4.78, 5) is 7.35. The lowest BCUT2D eigenvalue weighted by Crippen LogP contribution is -2.29. The van der Waals surface area contributed by atoms with E-state index in [0.29, 0.717) is 0 Å². The van der Waals surface area contributed by atoms with E-state index in [2.05, 4.69) is 105 Å². The lowest BCUT2D eigenvalue weighted by atomic mass is 9.84. The van der Waals surface area contributed by atoms with Crippen molar-refractivity contribution in [2.24, 2.45) is 4.99 Å². The molecule has 3 aromatic carbocycles. The maximum atomic E-state index is 6.78. The minimum Gasteiger partial charge on any atom is -0.351 e. The fourth-order valence-electron chi connectivity index (χ4n) is 5.74. The number of nitrogens with zero attached hydrogens (tertiary/aromatic N) is 4. The van der Waals surface area contributed by atoms with Gasteiger partial charge in [0.25, 0.3) is 0 Å². The first-order valence-electron chi connectivity index (χ1n) is 12.4. The average molecular weight is 524 g/mol. The molecule has 0 bridgehead atoms. The molecule has 0 fully saturated rings. The van der Waals surface area contributed by atoms with Crippen LogP contribution in [0.15, 0.2) is 94.9 Å². The maximum Gasteiger partial charge on any atom is 0.166 e. The van der Waals surface area contributed by atoms with Gasteiger partial charge in [-0.1, -0.05) is 74.2 Å². The van der Waals surface area contributed by atoms with Crippen LogP contribution in [0.1, 0.15) is 30.7 Å². The van der Waals surface area contributed by atoms with Gasteiger partial charge in [-0.05, 0) is 55.3 Å². The highest BCUT2D eigenvalue weighted by Crippen LogP contribution is 2.62. The molecule has 0 radical (unpaired) electrons. The van der Waals surface area contributed by atoms with E-state index in [4.69, 9.17) is 21.9 Å². The van der Waals surface area contributed by atoms with E-state index in [9.17, 15) is 0 Å². The van der Waals surface area contributed by atoms with E-state index in [0.717, 1.165) is 33.5 Å². The van der Waals surface area contributed by atoms with Gasteiger partial charge in [0, 0.05) is 41.1 Å². The van der Waals surface area contributed by atoms with Gasteiger partial charge in [0.1, 0.15) is 0 Å². The fraction of sp³-hybridized carbons (Fsp3) is 0.200. The topological polar surface area (TPSA) is 45.4 Å². The lowest BCUT2D eigenvalue weighted by molar-refractivity contribution is 0.639. The fourth-order valence-corrected chi connectivity index (χ4v) is 9.96. The van der Waals surface area contributed by atoms with Crippen LogP contribution in [0, 0.1) is 13.8 Å². The first kappa shape index (κ1) is 23.9. The summed E-state index contributed by atoms with van der Waals surface area (Å²) in [6, 6.07) is 27.2. The van der Waals surface area contributed by atoms with Crippen LogP contribution in [0.5, 0.6) is 0 Å². The van der Waals surface area contributed by atoms with E-state index in [-0.39, 0.29) is 5.41 Å². The number of nitrogens with one attached hydrogen (secondary N) is 1. The molecule has 0 saturated carbocycles. The second-order valence-electron chi connectivity index (χ2n) is 10.3. The number of benzene rings is 3. The Morgan fingerprint density at radius 1 is 0.919 bits per heavy atom. The highest BCUT2D eigenvalue weighted by molar-refractivity contribution is 8.21. The van der Waals surface area contributed by atoms with Crippen molar-refractivity contribution in [1.82, 2.24) is 9.78 Å². The van der Waals surface area contributed by atoms with Gasteiger partial charge >= 0.3 is 0 Å². The molecule has 0 saturated heterocycles. The van der Waals surface area contributed by atoms with Crippen LogP contribution in [-0.4, -0.2) is 23.0 Å². The molecule has 186 valence electrons. The Kier molecular flexibility index (Phi) is 5.52. The number of hydrogen-bond acceptors (Lipinski definition) is 4. The summed E-state index contributed by atoms with van der Waals surface area (Å²) < 4.78 is 1.93. The number of aliphatic imine (C=N–C) groups is 1. The monoisotopic (exact) mass is 523 g/mol. The van der Waals surface area contributed by atoms with Crippen LogP contribution in [0.25, 0.3) is 5.69 Å². The molecule has 0 amide bonds. The molecule has 2 aliphatic heterocycles. The van der Waals surface area contributed by atoms with Gasteiger partial charge in [-0.3, -0.25) is 0 Å². The van der Waals surface area contributed by atoms with Crippen molar-refractivity contribution in [1.29, 1.82) is 0 Å². The molecule has 1 unspecified atom stereocenters. The molecule has 0 aliphatic carbocycles. The van der Waals surface area contributed by atoms with Crippen molar-refractivity contribution < 1.29 is 0 Å². The average Bonchev–Trinajstić information content (AvgIpc) is 3.32. The Bertz CT molecular complexity index is 1650. The predicted octanol–water partition coefficient (Wildman–Crippen LogP) is 6.98. The first-order chi connectivity index (χ1) is 17.7. The van der Waals surface area contributed by atoms with E-state index in [1.54, 1.807) is 0 Å². The van der Waals surface area contributed by atoms with Crippen molar-refractivity contribution >= 4 is 46.7 Å². The third-order valence-corrected chi connectivity index (χ3v) is 11.5. The van der Waals surface area contributed by atoms with Crippen LogP contribution >= 0.6 is 6.19 Å². The van der Waals surface area contributed by atoms with Gasteiger partial charge in [0.05, 0.1) is 22.9 Å². The Hall–Kier alpha value is -3.47. The summed E-state index contributed by atoms with van der Waals surface area (Å²) >= 11 is 6.78. The van der Waals surface area contributed by atoms with Crippen molar-refractivity contribution in [3.63, 3.8) is 0 Å². The molecule has 3 heterocycles. The number of para-hydroxylation sites is 2. The summed E-state index contributed by atoms with van der Waals surface area (Å²) in [7, 11) is 2.14. The van der Waals surface area contributed by atoms with E-state index in [1.807, 2.05) is 29.1 Å². The molecule has 1 aromatic heterocycles. The maximum absolute atomic E-state index is 6.78. The molecule has 4 aromatic rings. The molecule has 6 rings (SSSR count). The number of allylic oxidation sites excluding steroid dienone is 2. The lowest BCUT2D eigenvalue weighted by Gasteiger charge is -2.35. The summed E-state index contributed by atoms with van der Waals surface area (Å²) in [5, 5.41) is 10.9. The quantitative estimate of drug-likeness (QED) is 0.295. The van der Waals surface area contributed by atoms with Gasteiger partial charge in [-0.2, -0.15) is 5.10 Å². The predicted molar refractivity (Wildman–Crippen MR) is 160 cm³/mol. The molecule has 1 N–H and O–H groups in total. The smallest absolute Gasteiger partial charge is 0.166 e. The SMILES string of the molecule is Cc1cccc(NP2(=S)/C(=C3/N(C)c4ccccc4C3(C)C)C=Nc3c2c(C)nn3-c2ccccc2)c1. The van der Waals surface area contributed by atoms with Crippen LogP contribution < -0.4 is 15.3 Å². The van der Waals surface area contributed by atoms with Crippen molar-refractivity contribution in [2.45, 2.75) is 33.1 Å². The van der Waals surface area contributed by atoms with Crippen molar-refractivity contribution in [3.05, 3.63) is 107 Å². The summed E-state index contributed by atoms with van der Waals surface area (Å²) in [5.41, 5.74) is 7.57. The van der Waals surface area contributed by atoms with Crippen LogP contribution in [-0.2, 0) is 17.2 Å². The third-order valence-electron chi connectivity index (χ3n) is 7.38. The van der Waals surface area contributed by atoms with Crippen molar-refractivity contribution in [3.8, 4) is 5.69 Å². The number of likely N-dealkylation sites (N-methyl/N-ethyl adjacent to an activating group) is 1. The Labute approximate surface area is 223 Å². The van der Waals surface area contributed by atoms with Gasteiger partial charge in [-0.15, -0.1) is 0 Å². The Balaban J connectivity index is 1.64.